The summed E-state index contributed by atoms with van der Waals surface area (Å²) < 4.78 is 5.53. The van der Waals surface area contributed by atoms with Crippen molar-refractivity contribution < 1.29 is 9.53 Å². The monoisotopic (exact) mass is 570 g/mol. The molecule has 0 saturated carbocycles. The van der Waals surface area contributed by atoms with Gasteiger partial charge in [-0.3, -0.25) is 9.79 Å². The third kappa shape index (κ3) is 7.00. The third-order valence-corrected chi connectivity index (χ3v) is 5.40. The Morgan fingerprint density at radius 1 is 1.30 bits per heavy atom. The van der Waals surface area contributed by atoms with Crippen LogP contribution < -0.4 is 10.6 Å². The molecule has 11 heteroatoms. The molecule has 0 aliphatic carbocycles. The molecule has 8 nitrogen and oxygen atoms in total. The summed E-state index contributed by atoms with van der Waals surface area (Å²) in [5.74, 6) is 1.58. The third-order valence-electron chi connectivity index (χ3n) is 4.90. The van der Waals surface area contributed by atoms with Crippen LogP contribution in [0.4, 0.5) is 5.82 Å². The van der Waals surface area contributed by atoms with E-state index in [1.54, 1.807) is 12.3 Å². The maximum absolute atomic E-state index is 12.5. The summed E-state index contributed by atoms with van der Waals surface area (Å²) in [5, 5.41) is 7.49. The number of halogens is 3. The molecule has 2 saturated heterocycles. The van der Waals surface area contributed by atoms with Crippen molar-refractivity contribution in [1.82, 2.24) is 20.1 Å². The zero-order valence-corrected chi connectivity index (χ0v) is 20.9. The molecule has 168 valence electrons. The predicted molar refractivity (Wildman–Crippen MR) is 131 cm³/mol. The van der Waals surface area contributed by atoms with Crippen LogP contribution in [0, 0.1) is 0 Å². The highest BCUT2D eigenvalue weighted by Gasteiger charge is 2.30. The molecule has 2 fully saturated rings. The minimum Gasteiger partial charge on any atom is -0.368 e. The van der Waals surface area contributed by atoms with E-state index >= 15 is 0 Å². The van der Waals surface area contributed by atoms with Gasteiger partial charge in [0.05, 0.1) is 16.6 Å². The van der Waals surface area contributed by atoms with Gasteiger partial charge in [-0.15, -0.1) is 24.0 Å². The zero-order valence-electron chi connectivity index (χ0n) is 17.1. The molecule has 1 aromatic heterocycles. The second-order valence-electron chi connectivity index (χ2n) is 6.96. The molecule has 0 bridgehead atoms. The second kappa shape index (κ2) is 12.7. The maximum atomic E-state index is 12.5. The lowest BCUT2D eigenvalue weighted by Crippen LogP contribution is -2.55. The van der Waals surface area contributed by atoms with Crippen molar-refractivity contribution in [1.29, 1.82) is 0 Å². The number of carbonyl (C=O) groups is 1. The highest BCUT2D eigenvalue weighted by atomic mass is 127. The SMILES string of the molecule is CCNC(=NCCNc1ncc(Cl)cc1Cl)N1CCN(C(=O)C2CCCO2)CC1.I. The van der Waals surface area contributed by atoms with E-state index in [0.717, 1.165) is 38.4 Å². The van der Waals surface area contributed by atoms with Crippen LogP contribution >= 0.6 is 47.2 Å². The van der Waals surface area contributed by atoms with Crippen LogP contribution in [0.3, 0.4) is 0 Å². The predicted octanol–water partition coefficient (Wildman–Crippen LogP) is 2.71. The molecule has 2 N–H and O–H groups in total. The van der Waals surface area contributed by atoms with Crippen LogP contribution in [0.5, 0.6) is 0 Å². The highest BCUT2D eigenvalue weighted by Crippen LogP contribution is 2.22. The van der Waals surface area contributed by atoms with Gasteiger partial charge >= 0.3 is 0 Å². The average molecular weight is 571 g/mol. The molecular weight excluding hydrogens is 542 g/mol. The molecule has 0 radical (unpaired) electrons. The summed E-state index contributed by atoms with van der Waals surface area (Å²) in [4.78, 5) is 25.5. The number of hydrogen-bond donors (Lipinski definition) is 2. The number of guanidine groups is 1. The minimum absolute atomic E-state index is 0. The highest BCUT2D eigenvalue weighted by molar-refractivity contribution is 14.0. The Morgan fingerprint density at radius 3 is 2.67 bits per heavy atom. The number of aromatic nitrogens is 1. The Bertz CT molecular complexity index is 725. The van der Waals surface area contributed by atoms with Gasteiger partial charge in [-0.1, -0.05) is 23.2 Å². The Morgan fingerprint density at radius 2 is 2.03 bits per heavy atom. The van der Waals surface area contributed by atoms with E-state index in [4.69, 9.17) is 32.9 Å². The van der Waals surface area contributed by atoms with Gasteiger partial charge in [0, 0.05) is 52.1 Å². The normalized spacial score (nSPS) is 19.4. The number of nitrogens with one attached hydrogen (secondary N) is 2. The number of piperazine rings is 1. The van der Waals surface area contributed by atoms with Crippen LogP contribution in [0.25, 0.3) is 0 Å². The van der Waals surface area contributed by atoms with Gasteiger partial charge in [-0.2, -0.15) is 0 Å². The summed E-state index contributed by atoms with van der Waals surface area (Å²) in [6.45, 7) is 7.56. The number of carbonyl (C=O) groups excluding carboxylic acids is 1. The van der Waals surface area contributed by atoms with Crippen LogP contribution in [0.15, 0.2) is 17.3 Å². The summed E-state index contributed by atoms with van der Waals surface area (Å²) in [7, 11) is 0. The first-order chi connectivity index (χ1) is 14.1. The van der Waals surface area contributed by atoms with Gasteiger partial charge in [-0.05, 0) is 25.8 Å². The van der Waals surface area contributed by atoms with E-state index in [0.29, 0.717) is 48.6 Å². The zero-order chi connectivity index (χ0) is 20.6. The van der Waals surface area contributed by atoms with Gasteiger partial charge in [0.2, 0.25) is 0 Å². The average Bonchev–Trinajstić information content (AvgIpc) is 3.26. The van der Waals surface area contributed by atoms with Crippen LogP contribution in [-0.2, 0) is 9.53 Å². The van der Waals surface area contributed by atoms with E-state index in [2.05, 4.69) is 20.5 Å². The largest absolute Gasteiger partial charge is 0.368 e. The standard InChI is InChI=1S/C19H28Cl2N6O2.HI/c1-2-22-19(24-6-5-23-17-15(21)12-14(20)13-25-17)27-9-7-26(8-10-27)18(28)16-4-3-11-29-16;/h12-13,16H,2-11H2,1H3,(H,22,24)(H,23,25);1H. The molecule has 2 aliphatic heterocycles. The Balaban J connectivity index is 0.00000320. The Kier molecular flexibility index (Phi) is 10.7. The lowest BCUT2D eigenvalue weighted by molar-refractivity contribution is -0.142. The van der Waals surface area contributed by atoms with Crippen LogP contribution in [0.2, 0.25) is 10.0 Å². The fourth-order valence-corrected chi connectivity index (χ4v) is 3.87. The molecule has 3 rings (SSSR count). The second-order valence-corrected chi connectivity index (χ2v) is 7.80. The van der Waals surface area contributed by atoms with Crippen molar-refractivity contribution in [2.24, 2.45) is 4.99 Å². The number of nitrogens with zero attached hydrogens (tertiary/aromatic N) is 4. The van der Waals surface area contributed by atoms with Crippen molar-refractivity contribution in [3.8, 4) is 0 Å². The summed E-state index contributed by atoms with van der Waals surface area (Å²) in [5.41, 5.74) is 0. The van der Waals surface area contributed by atoms with Crippen LogP contribution in [0.1, 0.15) is 19.8 Å². The smallest absolute Gasteiger partial charge is 0.251 e. The van der Waals surface area contributed by atoms with Crippen molar-refractivity contribution in [2.75, 3.05) is 57.7 Å². The number of hydrogen-bond acceptors (Lipinski definition) is 5. The number of amides is 1. The Hall–Kier alpha value is -1.04. The quantitative estimate of drug-likeness (QED) is 0.237. The Labute approximate surface area is 204 Å². The first-order valence-electron chi connectivity index (χ1n) is 10.1. The molecule has 3 heterocycles. The van der Waals surface area contributed by atoms with Gasteiger partial charge in [-0.25, -0.2) is 4.98 Å². The molecule has 2 aliphatic rings. The number of ether oxygens (including phenoxy) is 1. The van der Waals surface area contributed by atoms with E-state index in [1.165, 1.54) is 0 Å². The number of pyridine rings is 1. The van der Waals surface area contributed by atoms with E-state index < -0.39 is 0 Å². The maximum Gasteiger partial charge on any atom is 0.251 e. The number of aliphatic imine (C=N–C) groups is 1. The summed E-state index contributed by atoms with van der Waals surface area (Å²) in [6, 6.07) is 1.66. The molecule has 0 aromatic carbocycles. The van der Waals surface area contributed by atoms with Crippen molar-refractivity contribution >= 4 is 64.9 Å². The fourth-order valence-electron chi connectivity index (χ4n) is 3.42. The lowest BCUT2D eigenvalue weighted by atomic mass is 10.2. The van der Waals surface area contributed by atoms with E-state index in [-0.39, 0.29) is 36.0 Å². The van der Waals surface area contributed by atoms with E-state index in [1.807, 2.05) is 11.8 Å². The van der Waals surface area contributed by atoms with Gasteiger partial charge in [0.1, 0.15) is 11.9 Å². The molecule has 0 spiro atoms. The molecule has 30 heavy (non-hydrogen) atoms. The van der Waals surface area contributed by atoms with Gasteiger partial charge in [0.25, 0.3) is 5.91 Å². The van der Waals surface area contributed by atoms with E-state index in [9.17, 15) is 4.79 Å². The number of rotatable bonds is 6. The fraction of sp³-hybridized carbons (Fsp3) is 0.632. The molecule has 1 atom stereocenters. The van der Waals surface area contributed by atoms with Crippen molar-refractivity contribution in [2.45, 2.75) is 25.9 Å². The van der Waals surface area contributed by atoms with Crippen molar-refractivity contribution in [3.05, 3.63) is 22.3 Å². The summed E-state index contributed by atoms with van der Waals surface area (Å²) >= 11 is 12.0. The molecule has 1 unspecified atom stereocenters. The van der Waals surface area contributed by atoms with Crippen LogP contribution in [-0.4, -0.2) is 85.2 Å². The molecular formula is C19H29Cl2IN6O2. The first-order valence-corrected chi connectivity index (χ1v) is 10.8. The lowest BCUT2D eigenvalue weighted by Gasteiger charge is -2.37. The molecule has 1 amide bonds. The topological polar surface area (TPSA) is 82.1 Å². The molecule has 1 aromatic rings. The summed E-state index contributed by atoms with van der Waals surface area (Å²) in [6.07, 6.45) is 3.12. The number of anilines is 1. The van der Waals surface area contributed by atoms with Gasteiger partial charge in [0.15, 0.2) is 5.96 Å². The minimum atomic E-state index is -0.247. The van der Waals surface area contributed by atoms with Gasteiger partial charge < -0.3 is 25.2 Å². The van der Waals surface area contributed by atoms with Crippen molar-refractivity contribution in [3.63, 3.8) is 0 Å². The first kappa shape index (κ1) is 25.2.